The first-order chi connectivity index (χ1) is 7.44. The van der Waals surface area contributed by atoms with E-state index in [0.717, 1.165) is 6.54 Å². The third-order valence-electron chi connectivity index (χ3n) is 2.83. The van der Waals surface area contributed by atoms with Crippen LogP contribution in [-0.4, -0.2) is 6.54 Å². The average Bonchev–Trinajstić information content (AvgIpc) is 2.16. The van der Waals surface area contributed by atoms with Gasteiger partial charge in [0.2, 0.25) is 0 Å². The fourth-order valence-corrected chi connectivity index (χ4v) is 2.13. The molecule has 1 nitrogen and oxygen atoms in total. The molecule has 1 heteroatoms. The summed E-state index contributed by atoms with van der Waals surface area (Å²) >= 11 is 0. The zero-order valence-electron chi connectivity index (χ0n) is 11.3. The minimum atomic E-state index is 0.356. The highest BCUT2D eigenvalue weighted by Gasteiger charge is 2.20. The number of hydrogen-bond acceptors (Lipinski definition) is 1. The van der Waals surface area contributed by atoms with E-state index in [1.807, 2.05) is 0 Å². The Morgan fingerprint density at radius 1 is 1.19 bits per heavy atom. The van der Waals surface area contributed by atoms with E-state index < -0.39 is 0 Å². The van der Waals surface area contributed by atoms with Crippen molar-refractivity contribution in [3.63, 3.8) is 0 Å². The summed E-state index contributed by atoms with van der Waals surface area (Å²) < 4.78 is 0. The number of hydrogen-bond donors (Lipinski definition) is 1. The Labute approximate surface area is 100 Å². The van der Waals surface area contributed by atoms with Crippen LogP contribution in [-0.2, 0) is 0 Å². The quantitative estimate of drug-likeness (QED) is 0.804. The third kappa shape index (κ3) is 3.97. The standard InChI is InChI=1S/C15H25N/c1-6-16-14(11-15(3,4)5)13-10-8-7-9-12(13)2/h7-10,14,16H,6,11H2,1-5H3. The molecule has 0 aliphatic carbocycles. The first kappa shape index (κ1) is 13.2. The van der Waals surface area contributed by atoms with Crippen molar-refractivity contribution in [2.24, 2.45) is 5.41 Å². The van der Waals surface area contributed by atoms with Gasteiger partial charge >= 0.3 is 0 Å². The molecule has 90 valence electrons. The van der Waals surface area contributed by atoms with Crippen LogP contribution in [0.25, 0.3) is 0 Å². The van der Waals surface area contributed by atoms with Gasteiger partial charge in [0, 0.05) is 6.04 Å². The lowest BCUT2D eigenvalue weighted by Gasteiger charge is -2.28. The van der Waals surface area contributed by atoms with Crippen molar-refractivity contribution in [1.29, 1.82) is 0 Å². The summed E-state index contributed by atoms with van der Waals surface area (Å²) in [5, 5.41) is 3.60. The zero-order chi connectivity index (χ0) is 12.2. The second-order valence-electron chi connectivity index (χ2n) is 5.73. The molecule has 0 radical (unpaired) electrons. The first-order valence-electron chi connectivity index (χ1n) is 6.23. The van der Waals surface area contributed by atoms with Crippen molar-refractivity contribution >= 4 is 0 Å². The van der Waals surface area contributed by atoms with E-state index in [2.05, 4.69) is 64.2 Å². The van der Waals surface area contributed by atoms with Gasteiger partial charge in [-0.2, -0.15) is 0 Å². The molecule has 0 saturated carbocycles. The minimum absolute atomic E-state index is 0.356. The molecule has 0 heterocycles. The van der Waals surface area contributed by atoms with Crippen LogP contribution in [0.2, 0.25) is 0 Å². The smallest absolute Gasteiger partial charge is 0.0327 e. The molecule has 1 aromatic rings. The van der Waals surface area contributed by atoms with E-state index in [9.17, 15) is 0 Å². The number of aryl methyl sites for hydroxylation is 1. The van der Waals surface area contributed by atoms with E-state index in [4.69, 9.17) is 0 Å². The van der Waals surface area contributed by atoms with Crippen LogP contribution in [0.4, 0.5) is 0 Å². The average molecular weight is 219 g/mol. The molecule has 1 rings (SSSR count). The molecule has 16 heavy (non-hydrogen) atoms. The van der Waals surface area contributed by atoms with Gasteiger partial charge in [-0.05, 0) is 36.4 Å². The van der Waals surface area contributed by atoms with Gasteiger partial charge in [0.1, 0.15) is 0 Å². The zero-order valence-corrected chi connectivity index (χ0v) is 11.3. The molecule has 0 aromatic heterocycles. The van der Waals surface area contributed by atoms with E-state index in [-0.39, 0.29) is 0 Å². The van der Waals surface area contributed by atoms with Gasteiger partial charge in [0.15, 0.2) is 0 Å². The van der Waals surface area contributed by atoms with Crippen LogP contribution >= 0.6 is 0 Å². The Bertz CT molecular complexity index is 322. The van der Waals surface area contributed by atoms with Crippen molar-refractivity contribution in [2.45, 2.75) is 47.1 Å². The largest absolute Gasteiger partial charge is 0.310 e. The molecule has 0 aliphatic rings. The SMILES string of the molecule is CCNC(CC(C)(C)C)c1ccccc1C. The molecule has 0 fully saturated rings. The maximum absolute atomic E-state index is 3.60. The highest BCUT2D eigenvalue weighted by atomic mass is 14.9. The summed E-state index contributed by atoms with van der Waals surface area (Å²) in [6.07, 6.45) is 1.17. The number of nitrogens with one attached hydrogen (secondary N) is 1. The predicted molar refractivity (Wildman–Crippen MR) is 71.7 cm³/mol. The topological polar surface area (TPSA) is 12.0 Å². The van der Waals surface area contributed by atoms with E-state index >= 15 is 0 Å². The van der Waals surface area contributed by atoms with Gasteiger partial charge in [0.25, 0.3) is 0 Å². The fourth-order valence-electron chi connectivity index (χ4n) is 2.13. The van der Waals surface area contributed by atoms with Gasteiger partial charge in [-0.3, -0.25) is 0 Å². The summed E-state index contributed by atoms with van der Waals surface area (Å²) in [7, 11) is 0. The molecule has 1 aromatic carbocycles. The number of rotatable bonds is 4. The number of benzene rings is 1. The Balaban J connectivity index is 2.89. The molecule has 0 spiro atoms. The van der Waals surface area contributed by atoms with Crippen LogP contribution in [0, 0.1) is 12.3 Å². The van der Waals surface area contributed by atoms with Crippen LogP contribution in [0.1, 0.15) is 51.3 Å². The normalized spacial score (nSPS) is 13.8. The molecule has 0 aliphatic heterocycles. The second-order valence-corrected chi connectivity index (χ2v) is 5.73. The molecule has 0 amide bonds. The highest BCUT2D eigenvalue weighted by Crippen LogP contribution is 2.30. The van der Waals surface area contributed by atoms with Crippen LogP contribution < -0.4 is 5.32 Å². The van der Waals surface area contributed by atoms with Crippen molar-refractivity contribution in [3.8, 4) is 0 Å². The Hall–Kier alpha value is -0.820. The van der Waals surface area contributed by atoms with Crippen molar-refractivity contribution in [3.05, 3.63) is 35.4 Å². The van der Waals surface area contributed by atoms with Crippen molar-refractivity contribution in [1.82, 2.24) is 5.32 Å². The van der Waals surface area contributed by atoms with Gasteiger partial charge in [-0.15, -0.1) is 0 Å². The summed E-state index contributed by atoms with van der Waals surface area (Å²) in [4.78, 5) is 0. The minimum Gasteiger partial charge on any atom is -0.310 e. The summed E-state index contributed by atoms with van der Waals surface area (Å²) in [5.41, 5.74) is 3.19. The third-order valence-corrected chi connectivity index (χ3v) is 2.83. The lowest BCUT2D eigenvalue weighted by atomic mass is 9.84. The molecular formula is C15H25N. The van der Waals surface area contributed by atoms with E-state index in [0.29, 0.717) is 11.5 Å². The maximum atomic E-state index is 3.60. The summed E-state index contributed by atoms with van der Waals surface area (Å²) in [6, 6.07) is 9.16. The van der Waals surface area contributed by atoms with Crippen molar-refractivity contribution < 1.29 is 0 Å². The van der Waals surface area contributed by atoms with Crippen molar-refractivity contribution in [2.75, 3.05) is 6.54 Å². The molecule has 0 saturated heterocycles. The molecule has 0 bridgehead atoms. The molecule has 1 unspecified atom stereocenters. The van der Waals surface area contributed by atoms with Gasteiger partial charge in [-0.25, -0.2) is 0 Å². The van der Waals surface area contributed by atoms with Gasteiger partial charge in [-0.1, -0.05) is 52.0 Å². The van der Waals surface area contributed by atoms with Crippen LogP contribution in [0.5, 0.6) is 0 Å². The molecule has 1 atom stereocenters. The Morgan fingerprint density at radius 3 is 2.31 bits per heavy atom. The Morgan fingerprint density at radius 2 is 1.81 bits per heavy atom. The molecular weight excluding hydrogens is 194 g/mol. The second kappa shape index (κ2) is 5.49. The highest BCUT2D eigenvalue weighted by molar-refractivity contribution is 5.28. The van der Waals surface area contributed by atoms with Crippen LogP contribution in [0.15, 0.2) is 24.3 Å². The van der Waals surface area contributed by atoms with E-state index in [1.54, 1.807) is 0 Å². The monoisotopic (exact) mass is 219 g/mol. The predicted octanol–water partition coefficient (Wildman–Crippen LogP) is 4.08. The lowest BCUT2D eigenvalue weighted by molar-refractivity contribution is 0.313. The van der Waals surface area contributed by atoms with E-state index in [1.165, 1.54) is 17.5 Å². The lowest BCUT2D eigenvalue weighted by Crippen LogP contribution is -2.26. The summed E-state index contributed by atoms with van der Waals surface area (Å²) in [6.45, 7) is 12.3. The van der Waals surface area contributed by atoms with Gasteiger partial charge < -0.3 is 5.32 Å². The fraction of sp³-hybridized carbons (Fsp3) is 0.600. The molecule has 1 N–H and O–H groups in total. The summed E-state index contributed by atoms with van der Waals surface area (Å²) in [5.74, 6) is 0. The maximum Gasteiger partial charge on any atom is 0.0327 e. The Kier molecular flexibility index (Phi) is 4.55. The van der Waals surface area contributed by atoms with Crippen LogP contribution in [0.3, 0.4) is 0 Å². The first-order valence-corrected chi connectivity index (χ1v) is 6.23. The van der Waals surface area contributed by atoms with Gasteiger partial charge in [0.05, 0.1) is 0 Å².